The average molecular weight is 319 g/mol. The number of aryl methyl sites for hydroxylation is 1. The predicted molar refractivity (Wildman–Crippen MR) is 83.0 cm³/mol. The highest BCUT2D eigenvalue weighted by atomic mass is 32.2. The van der Waals surface area contributed by atoms with E-state index in [2.05, 4.69) is 4.72 Å². The van der Waals surface area contributed by atoms with Gasteiger partial charge < -0.3 is 4.74 Å². The van der Waals surface area contributed by atoms with Crippen molar-refractivity contribution in [1.82, 2.24) is 4.72 Å². The molecule has 1 N–H and O–H groups in total. The molecule has 0 heterocycles. The van der Waals surface area contributed by atoms with Crippen molar-refractivity contribution < 1.29 is 17.9 Å². The second kappa shape index (κ2) is 6.72. The first-order valence-corrected chi connectivity index (χ1v) is 8.22. The summed E-state index contributed by atoms with van der Waals surface area (Å²) in [6.45, 7) is 3.31. The van der Waals surface area contributed by atoms with Crippen LogP contribution in [0.1, 0.15) is 12.5 Å². The smallest absolute Gasteiger partial charge is 0.329 e. The van der Waals surface area contributed by atoms with Crippen LogP contribution in [0.2, 0.25) is 0 Å². The van der Waals surface area contributed by atoms with Crippen LogP contribution in [0.3, 0.4) is 0 Å². The zero-order valence-electron chi connectivity index (χ0n) is 12.3. The van der Waals surface area contributed by atoms with Crippen LogP contribution in [0.25, 0.3) is 0 Å². The third-order valence-corrected chi connectivity index (χ3v) is 4.54. The first kappa shape index (κ1) is 16.2. The topological polar surface area (TPSA) is 72.5 Å². The van der Waals surface area contributed by atoms with Crippen molar-refractivity contribution in [2.75, 3.05) is 0 Å². The zero-order valence-corrected chi connectivity index (χ0v) is 13.1. The number of rotatable bonds is 5. The lowest BCUT2D eigenvalue weighted by molar-refractivity contribution is -0.135. The number of hydrogen-bond acceptors (Lipinski definition) is 4. The lowest BCUT2D eigenvalue weighted by atomic mass is 10.2. The Morgan fingerprint density at radius 2 is 1.64 bits per heavy atom. The third-order valence-electron chi connectivity index (χ3n) is 2.98. The Morgan fingerprint density at radius 3 is 2.23 bits per heavy atom. The highest BCUT2D eigenvalue weighted by molar-refractivity contribution is 7.89. The van der Waals surface area contributed by atoms with Gasteiger partial charge in [0, 0.05) is 0 Å². The molecule has 1 atom stereocenters. The van der Waals surface area contributed by atoms with Gasteiger partial charge in [-0.3, -0.25) is 0 Å². The van der Waals surface area contributed by atoms with E-state index in [4.69, 9.17) is 4.74 Å². The second-order valence-corrected chi connectivity index (χ2v) is 6.60. The maximum atomic E-state index is 12.2. The molecule has 0 aliphatic heterocycles. The van der Waals surface area contributed by atoms with E-state index >= 15 is 0 Å². The van der Waals surface area contributed by atoms with Gasteiger partial charge in [0.2, 0.25) is 10.0 Å². The predicted octanol–water partition coefficient (Wildman–Crippen LogP) is 2.27. The van der Waals surface area contributed by atoms with Gasteiger partial charge in [0.1, 0.15) is 11.8 Å². The van der Waals surface area contributed by atoms with Crippen LogP contribution in [0, 0.1) is 6.92 Å². The minimum atomic E-state index is -3.76. The molecule has 0 radical (unpaired) electrons. The first-order chi connectivity index (χ1) is 10.4. The van der Waals surface area contributed by atoms with E-state index in [1.165, 1.54) is 19.1 Å². The number of nitrogens with one attached hydrogen (secondary N) is 1. The largest absolute Gasteiger partial charge is 0.425 e. The van der Waals surface area contributed by atoms with E-state index in [-0.39, 0.29) is 4.90 Å². The number of carbonyl (C=O) groups is 1. The maximum Gasteiger partial charge on any atom is 0.329 e. The Morgan fingerprint density at radius 1 is 1.05 bits per heavy atom. The van der Waals surface area contributed by atoms with Crippen molar-refractivity contribution in [3.05, 3.63) is 60.2 Å². The zero-order chi connectivity index (χ0) is 16.2. The number of hydrogen-bond donors (Lipinski definition) is 1. The van der Waals surface area contributed by atoms with E-state index in [0.717, 1.165) is 5.56 Å². The number of carbonyl (C=O) groups excluding carboxylic acids is 1. The van der Waals surface area contributed by atoms with Crippen LogP contribution in [0.15, 0.2) is 59.5 Å². The average Bonchev–Trinajstić information content (AvgIpc) is 2.48. The summed E-state index contributed by atoms with van der Waals surface area (Å²) in [5, 5.41) is 0. The van der Waals surface area contributed by atoms with Crippen LogP contribution < -0.4 is 9.46 Å². The standard InChI is InChI=1S/C16H17NO4S/c1-12-8-10-15(11-9-12)22(19,20)17-13(2)16(18)21-14-6-4-3-5-7-14/h3-11,13,17H,1-2H3/t13-/m0/s1. The third kappa shape index (κ3) is 4.16. The molecule has 0 saturated carbocycles. The molecular weight excluding hydrogens is 302 g/mol. The van der Waals surface area contributed by atoms with Crippen LogP contribution in [-0.2, 0) is 14.8 Å². The van der Waals surface area contributed by atoms with Crippen molar-refractivity contribution >= 4 is 16.0 Å². The molecule has 0 bridgehead atoms. The van der Waals surface area contributed by atoms with Crippen molar-refractivity contribution in [1.29, 1.82) is 0 Å². The van der Waals surface area contributed by atoms with E-state index in [1.54, 1.807) is 42.5 Å². The fourth-order valence-corrected chi connectivity index (χ4v) is 2.95. The first-order valence-electron chi connectivity index (χ1n) is 6.74. The summed E-state index contributed by atoms with van der Waals surface area (Å²) in [7, 11) is -3.76. The summed E-state index contributed by atoms with van der Waals surface area (Å²) in [5.41, 5.74) is 0.954. The summed E-state index contributed by atoms with van der Waals surface area (Å²) in [5.74, 6) is -0.296. The molecule has 0 unspecified atom stereocenters. The minimum absolute atomic E-state index is 0.109. The second-order valence-electron chi connectivity index (χ2n) is 4.89. The Balaban J connectivity index is 2.05. The monoisotopic (exact) mass is 319 g/mol. The highest BCUT2D eigenvalue weighted by Crippen LogP contribution is 2.12. The van der Waals surface area contributed by atoms with Gasteiger partial charge >= 0.3 is 5.97 Å². The minimum Gasteiger partial charge on any atom is -0.425 e. The van der Waals surface area contributed by atoms with E-state index in [9.17, 15) is 13.2 Å². The molecule has 0 saturated heterocycles. The number of ether oxygens (including phenoxy) is 1. The Kier molecular flexibility index (Phi) is 4.95. The molecule has 2 aromatic rings. The van der Waals surface area contributed by atoms with Crippen LogP contribution in [0.4, 0.5) is 0 Å². The van der Waals surface area contributed by atoms with Crippen molar-refractivity contribution in [2.24, 2.45) is 0 Å². The van der Waals surface area contributed by atoms with Crippen molar-refractivity contribution in [2.45, 2.75) is 24.8 Å². The van der Waals surface area contributed by atoms with E-state index < -0.39 is 22.0 Å². The van der Waals surface area contributed by atoms with Gasteiger partial charge in [-0.25, -0.2) is 13.2 Å². The van der Waals surface area contributed by atoms with Gasteiger partial charge in [-0.2, -0.15) is 4.72 Å². The Bertz CT molecular complexity index is 739. The summed E-state index contributed by atoms with van der Waals surface area (Å²) < 4.78 is 31.8. The molecule has 116 valence electrons. The number of para-hydroxylation sites is 1. The Hall–Kier alpha value is -2.18. The molecule has 22 heavy (non-hydrogen) atoms. The fraction of sp³-hybridized carbons (Fsp3) is 0.188. The van der Waals surface area contributed by atoms with E-state index in [0.29, 0.717) is 5.75 Å². The maximum absolute atomic E-state index is 12.2. The Labute approximate surface area is 130 Å². The normalized spacial score (nSPS) is 12.6. The van der Waals surface area contributed by atoms with Gasteiger partial charge in [-0.15, -0.1) is 0 Å². The van der Waals surface area contributed by atoms with Gasteiger partial charge in [0.25, 0.3) is 0 Å². The van der Waals surface area contributed by atoms with E-state index in [1.807, 2.05) is 6.92 Å². The van der Waals surface area contributed by atoms with Crippen LogP contribution in [-0.4, -0.2) is 20.4 Å². The van der Waals surface area contributed by atoms with Crippen LogP contribution in [0.5, 0.6) is 5.75 Å². The molecule has 0 aliphatic carbocycles. The highest BCUT2D eigenvalue weighted by Gasteiger charge is 2.23. The number of sulfonamides is 1. The number of esters is 1. The molecule has 0 amide bonds. The molecular formula is C16H17NO4S. The van der Waals surface area contributed by atoms with Crippen molar-refractivity contribution in [3.8, 4) is 5.75 Å². The summed E-state index contributed by atoms with van der Waals surface area (Å²) in [6, 6.07) is 13.9. The molecule has 2 aromatic carbocycles. The lowest BCUT2D eigenvalue weighted by Crippen LogP contribution is -2.40. The lowest BCUT2D eigenvalue weighted by Gasteiger charge is -2.13. The molecule has 0 aliphatic rings. The molecule has 5 nitrogen and oxygen atoms in total. The van der Waals surface area contributed by atoms with Crippen molar-refractivity contribution in [3.63, 3.8) is 0 Å². The summed E-state index contributed by atoms with van der Waals surface area (Å²) in [4.78, 5) is 12.0. The quantitative estimate of drug-likeness (QED) is 0.678. The number of benzene rings is 2. The molecule has 0 spiro atoms. The SMILES string of the molecule is Cc1ccc(S(=O)(=O)N[C@@H](C)C(=O)Oc2ccccc2)cc1. The molecule has 0 aromatic heterocycles. The summed E-state index contributed by atoms with van der Waals surface area (Å²) in [6.07, 6.45) is 0. The van der Waals surface area contributed by atoms with Gasteiger partial charge in [0.15, 0.2) is 0 Å². The van der Waals surface area contributed by atoms with Gasteiger partial charge in [0.05, 0.1) is 4.90 Å². The van der Waals surface area contributed by atoms with Gasteiger partial charge in [-0.05, 0) is 38.1 Å². The molecule has 0 fully saturated rings. The molecule has 2 rings (SSSR count). The summed E-state index contributed by atoms with van der Waals surface area (Å²) >= 11 is 0. The van der Waals surface area contributed by atoms with Crippen LogP contribution >= 0.6 is 0 Å². The fourth-order valence-electron chi connectivity index (χ4n) is 1.76. The van der Waals surface area contributed by atoms with Gasteiger partial charge in [-0.1, -0.05) is 35.9 Å². The molecule has 6 heteroatoms.